The fourth-order valence-electron chi connectivity index (χ4n) is 1.94. The lowest BCUT2D eigenvalue weighted by Crippen LogP contribution is -2.27. The Balaban J connectivity index is 2.34. The van der Waals surface area contributed by atoms with Crippen LogP contribution >= 0.6 is 22.6 Å². The first-order chi connectivity index (χ1) is 10.8. The van der Waals surface area contributed by atoms with Crippen molar-refractivity contribution in [1.29, 1.82) is 0 Å². The molecular weight excluding hydrogens is 413 g/mol. The number of carbonyl (C=O) groups excluding carboxylic acids is 2. The summed E-state index contributed by atoms with van der Waals surface area (Å²) in [5.74, 6) is -0.941. The molecule has 0 saturated carbocycles. The highest BCUT2D eigenvalue weighted by atomic mass is 127. The molecule has 0 atom stereocenters. The van der Waals surface area contributed by atoms with Gasteiger partial charge in [0.1, 0.15) is 0 Å². The maximum absolute atomic E-state index is 12.6. The number of primary amides is 1. The molecule has 0 radical (unpaired) electrons. The van der Waals surface area contributed by atoms with Gasteiger partial charge in [-0.25, -0.2) is 0 Å². The van der Waals surface area contributed by atoms with Gasteiger partial charge in [0.25, 0.3) is 11.6 Å². The molecule has 0 saturated heterocycles. The molecule has 0 aromatic heterocycles. The van der Waals surface area contributed by atoms with Crippen LogP contribution in [-0.4, -0.2) is 23.8 Å². The lowest BCUT2D eigenvalue weighted by atomic mass is 10.1. The van der Waals surface area contributed by atoms with E-state index in [-0.39, 0.29) is 17.2 Å². The third kappa shape index (κ3) is 3.65. The van der Waals surface area contributed by atoms with Crippen molar-refractivity contribution >= 4 is 45.8 Å². The second-order valence-corrected chi connectivity index (χ2v) is 5.86. The summed E-state index contributed by atoms with van der Waals surface area (Å²) in [6, 6.07) is 10.3. The fraction of sp³-hybridized carbons (Fsp3) is 0.0667. The Bertz CT molecular complexity index is 790. The van der Waals surface area contributed by atoms with Crippen molar-refractivity contribution in [3.8, 4) is 0 Å². The predicted molar refractivity (Wildman–Crippen MR) is 93.5 cm³/mol. The number of rotatable bonds is 4. The van der Waals surface area contributed by atoms with E-state index < -0.39 is 10.8 Å². The largest absolute Gasteiger partial charge is 0.366 e. The van der Waals surface area contributed by atoms with E-state index in [0.717, 1.165) is 0 Å². The van der Waals surface area contributed by atoms with Crippen LogP contribution in [0.15, 0.2) is 42.5 Å². The average molecular weight is 425 g/mol. The van der Waals surface area contributed by atoms with Gasteiger partial charge in [0.05, 0.1) is 10.5 Å². The van der Waals surface area contributed by atoms with E-state index in [0.29, 0.717) is 14.8 Å². The van der Waals surface area contributed by atoms with E-state index in [4.69, 9.17) is 5.73 Å². The predicted octanol–water partition coefficient (Wildman–Crippen LogP) is 2.57. The van der Waals surface area contributed by atoms with E-state index >= 15 is 0 Å². The van der Waals surface area contributed by atoms with Gasteiger partial charge < -0.3 is 10.6 Å². The summed E-state index contributed by atoms with van der Waals surface area (Å²) in [5, 5.41) is 10.9. The van der Waals surface area contributed by atoms with Crippen LogP contribution < -0.4 is 10.6 Å². The summed E-state index contributed by atoms with van der Waals surface area (Å²) in [5.41, 5.74) is 6.14. The molecule has 2 aromatic rings. The molecule has 2 N–H and O–H groups in total. The zero-order valence-electron chi connectivity index (χ0n) is 12.0. The number of nitrogens with zero attached hydrogens (tertiary/aromatic N) is 2. The van der Waals surface area contributed by atoms with Gasteiger partial charge in [-0.2, -0.15) is 0 Å². The number of nitro benzene ring substituents is 1. The molecule has 2 amide bonds. The highest BCUT2D eigenvalue weighted by Gasteiger charge is 2.20. The van der Waals surface area contributed by atoms with Crippen molar-refractivity contribution in [2.75, 3.05) is 11.9 Å². The van der Waals surface area contributed by atoms with Crippen molar-refractivity contribution in [3.63, 3.8) is 0 Å². The first kappa shape index (κ1) is 16.9. The van der Waals surface area contributed by atoms with Crippen LogP contribution in [0.4, 0.5) is 11.4 Å². The average Bonchev–Trinajstić information content (AvgIpc) is 2.53. The van der Waals surface area contributed by atoms with Crippen LogP contribution in [0.25, 0.3) is 0 Å². The van der Waals surface area contributed by atoms with Gasteiger partial charge >= 0.3 is 0 Å². The molecule has 23 heavy (non-hydrogen) atoms. The zero-order chi connectivity index (χ0) is 17.1. The quantitative estimate of drug-likeness (QED) is 0.462. The van der Waals surface area contributed by atoms with E-state index in [1.54, 1.807) is 19.2 Å². The Morgan fingerprint density at radius 3 is 2.30 bits per heavy atom. The Hall–Kier alpha value is -2.49. The minimum Gasteiger partial charge on any atom is -0.366 e. The van der Waals surface area contributed by atoms with Crippen molar-refractivity contribution in [1.82, 2.24) is 0 Å². The minimum absolute atomic E-state index is 0.147. The first-order valence-electron chi connectivity index (χ1n) is 6.43. The van der Waals surface area contributed by atoms with Gasteiger partial charge in [-0.05, 0) is 52.9 Å². The number of carbonyl (C=O) groups is 2. The fourth-order valence-corrected chi connectivity index (χ4v) is 2.50. The van der Waals surface area contributed by atoms with Crippen molar-refractivity contribution in [3.05, 3.63) is 67.3 Å². The SMILES string of the molecule is CN(C(=O)c1cc([N+](=O)[O-])ccc1I)c1ccc(C(N)=O)cc1. The Morgan fingerprint density at radius 2 is 1.78 bits per heavy atom. The molecule has 0 bridgehead atoms. The first-order valence-corrected chi connectivity index (χ1v) is 7.51. The second kappa shape index (κ2) is 6.73. The van der Waals surface area contributed by atoms with Gasteiger partial charge in [-0.3, -0.25) is 19.7 Å². The summed E-state index contributed by atoms with van der Waals surface area (Å²) in [6.45, 7) is 0. The van der Waals surface area contributed by atoms with E-state index in [1.807, 2.05) is 22.6 Å². The van der Waals surface area contributed by atoms with Crippen LogP contribution in [0.3, 0.4) is 0 Å². The maximum Gasteiger partial charge on any atom is 0.270 e. The molecule has 0 fully saturated rings. The van der Waals surface area contributed by atoms with Crippen molar-refractivity contribution < 1.29 is 14.5 Å². The third-order valence-electron chi connectivity index (χ3n) is 3.23. The van der Waals surface area contributed by atoms with Crippen LogP contribution in [0.2, 0.25) is 0 Å². The monoisotopic (exact) mass is 425 g/mol. The number of benzene rings is 2. The number of hydrogen-bond acceptors (Lipinski definition) is 4. The topological polar surface area (TPSA) is 107 Å². The maximum atomic E-state index is 12.6. The summed E-state index contributed by atoms with van der Waals surface area (Å²) >= 11 is 1.95. The van der Waals surface area contributed by atoms with E-state index in [2.05, 4.69) is 0 Å². The zero-order valence-corrected chi connectivity index (χ0v) is 14.2. The lowest BCUT2D eigenvalue weighted by molar-refractivity contribution is -0.384. The highest BCUT2D eigenvalue weighted by molar-refractivity contribution is 14.1. The van der Waals surface area contributed by atoms with Gasteiger partial charge in [-0.15, -0.1) is 0 Å². The van der Waals surface area contributed by atoms with Gasteiger partial charge in [-0.1, -0.05) is 0 Å². The molecule has 2 aromatic carbocycles. The van der Waals surface area contributed by atoms with Crippen LogP contribution in [0, 0.1) is 13.7 Å². The Morgan fingerprint density at radius 1 is 1.17 bits per heavy atom. The van der Waals surface area contributed by atoms with Gasteiger partial charge in [0, 0.05) is 34.0 Å². The van der Waals surface area contributed by atoms with E-state index in [1.165, 1.54) is 35.2 Å². The molecule has 0 unspecified atom stereocenters. The van der Waals surface area contributed by atoms with E-state index in [9.17, 15) is 19.7 Å². The summed E-state index contributed by atoms with van der Waals surface area (Å²) in [6.07, 6.45) is 0. The number of anilines is 1. The van der Waals surface area contributed by atoms with Gasteiger partial charge in [0.15, 0.2) is 0 Å². The van der Waals surface area contributed by atoms with Crippen LogP contribution in [0.5, 0.6) is 0 Å². The number of non-ortho nitro benzene ring substituents is 1. The smallest absolute Gasteiger partial charge is 0.270 e. The summed E-state index contributed by atoms with van der Waals surface area (Å²) in [4.78, 5) is 35.3. The summed E-state index contributed by atoms with van der Waals surface area (Å²) < 4.78 is 0.610. The van der Waals surface area contributed by atoms with Crippen molar-refractivity contribution in [2.24, 2.45) is 5.73 Å². The van der Waals surface area contributed by atoms with Gasteiger partial charge in [0.2, 0.25) is 5.91 Å². The van der Waals surface area contributed by atoms with Crippen LogP contribution in [0.1, 0.15) is 20.7 Å². The Labute approximate surface area is 145 Å². The molecule has 8 heteroatoms. The number of hydrogen-bond donors (Lipinski definition) is 1. The molecule has 118 valence electrons. The molecule has 2 rings (SSSR count). The number of halogens is 1. The molecule has 7 nitrogen and oxygen atoms in total. The minimum atomic E-state index is -0.557. The second-order valence-electron chi connectivity index (χ2n) is 4.70. The van der Waals surface area contributed by atoms with Crippen LogP contribution in [-0.2, 0) is 0 Å². The number of nitro groups is 1. The Kier molecular flexibility index (Phi) is 4.94. The molecule has 0 aliphatic carbocycles. The molecule has 0 spiro atoms. The molecular formula is C15H12IN3O4. The number of nitrogens with two attached hydrogens (primary N) is 1. The summed E-state index contributed by atoms with van der Waals surface area (Å²) in [7, 11) is 1.55. The molecule has 0 heterocycles. The highest BCUT2D eigenvalue weighted by Crippen LogP contribution is 2.23. The normalized spacial score (nSPS) is 10.2. The molecule has 0 aliphatic rings. The molecule has 0 aliphatic heterocycles. The standard InChI is InChI=1S/C15H12IN3O4/c1-18(10-4-2-9(3-5-10)14(17)20)15(21)12-8-11(19(22)23)6-7-13(12)16/h2-8H,1H3,(H2,17,20). The van der Waals surface area contributed by atoms with Crippen molar-refractivity contribution in [2.45, 2.75) is 0 Å². The number of amides is 2. The third-order valence-corrected chi connectivity index (χ3v) is 4.18. The lowest BCUT2D eigenvalue weighted by Gasteiger charge is -2.18.